The summed E-state index contributed by atoms with van der Waals surface area (Å²) in [6, 6.07) is 2.88. The van der Waals surface area contributed by atoms with E-state index in [1.54, 1.807) is 6.07 Å². The first-order chi connectivity index (χ1) is 8.63. The zero-order valence-electron chi connectivity index (χ0n) is 9.48. The van der Waals surface area contributed by atoms with E-state index >= 15 is 0 Å². The molecule has 1 aromatic rings. The van der Waals surface area contributed by atoms with Gasteiger partial charge in [-0.2, -0.15) is 5.26 Å². The van der Waals surface area contributed by atoms with Crippen molar-refractivity contribution < 1.29 is 15.1 Å². The molecule has 0 aliphatic rings. The summed E-state index contributed by atoms with van der Waals surface area (Å²) in [5.41, 5.74) is -0.241. The summed E-state index contributed by atoms with van der Waals surface area (Å²) in [5, 5.41) is 37.3. The van der Waals surface area contributed by atoms with Crippen molar-refractivity contribution in [2.45, 2.75) is 0 Å². The fourth-order valence-electron chi connectivity index (χ4n) is 1.45. The average Bonchev–Trinajstić information content (AvgIpc) is 2.37. The molecule has 2 N–H and O–H groups in total. The molecule has 0 amide bonds. The van der Waals surface area contributed by atoms with Crippen LogP contribution in [0.2, 0.25) is 0 Å². The second-order valence-corrected chi connectivity index (χ2v) is 3.37. The first-order valence-electron chi connectivity index (χ1n) is 5.15. The standard InChI is InChI=1S/C10H12N4O4/c11-6-8-5-9(14(17)18)10(12-7-8)13(1-3-15)2-4-16/h5,7,15-16H,1-4H2. The number of nitrogens with zero attached hydrogens (tertiary/aromatic N) is 4. The minimum Gasteiger partial charge on any atom is -0.395 e. The first kappa shape index (κ1) is 13.8. The van der Waals surface area contributed by atoms with Crippen molar-refractivity contribution in [2.24, 2.45) is 0 Å². The molecular formula is C10H12N4O4. The second-order valence-electron chi connectivity index (χ2n) is 3.37. The Hall–Kier alpha value is -2.24. The summed E-state index contributed by atoms with van der Waals surface area (Å²) in [6.07, 6.45) is 1.21. The summed E-state index contributed by atoms with van der Waals surface area (Å²) in [4.78, 5) is 15.5. The number of aromatic nitrogens is 1. The highest BCUT2D eigenvalue weighted by atomic mass is 16.6. The minimum atomic E-state index is -0.648. The lowest BCUT2D eigenvalue weighted by atomic mass is 10.2. The topological polar surface area (TPSA) is 124 Å². The first-order valence-corrected chi connectivity index (χ1v) is 5.15. The summed E-state index contributed by atoms with van der Waals surface area (Å²) >= 11 is 0. The molecule has 0 aliphatic carbocycles. The van der Waals surface area contributed by atoms with Gasteiger partial charge in [0, 0.05) is 25.4 Å². The summed E-state index contributed by atoms with van der Waals surface area (Å²) in [7, 11) is 0. The molecule has 0 aromatic carbocycles. The lowest BCUT2D eigenvalue weighted by Crippen LogP contribution is -2.31. The molecule has 96 valence electrons. The van der Waals surface area contributed by atoms with Crippen LogP contribution in [0.4, 0.5) is 11.5 Å². The molecule has 0 spiro atoms. The van der Waals surface area contributed by atoms with E-state index in [9.17, 15) is 10.1 Å². The Labute approximate surface area is 103 Å². The third kappa shape index (κ3) is 3.13. The highest BCUT2D eigenvalue weighted by Crippen LogP contribution is 2.25. The highest BCUT2D eigenvalue weighted by Gasteiger charge is 2.21. The number of anilines is 1. The fraction of sp³-hybridized carbons (Fsp3) is 0.400. The van der Waals surface area contributed by atoms with Gasteiger partial charge in [0.15, 0.2) is 0 Å². The summed E-state index contributed by atoms with van der Waals surface area (Å²) in [5.74, 6) is 0.0297. The van der Waals surface area contributed by atoms with E-state index < -0.39 is 4.92 Å². The SMILES string of the molecule is N#Cc1cnc(N(CCO)CCO)c([N+](=O)[O-])c1. The number of rotatable bonds is 6. The normalized spacial score (nSPS) is 9.83. The second kappa shape index (κ2) is 6.48. The number of hydrogen-bond donors (Lipinski definition) is 2. The van der Waals surface area contributed by atoms with Gasteiger partial charge in [-0.1, -0.05) is 0 Å². The van der Waals surface area contributed by atoms with Crippen LogP contribution in [0.3, 0.4) is 0 Å². The van der Waals surface area contributed by atoms with Crippen molar-refractivity contribution in [2.75, 3.05) is 31.2 Å². The van der Waals surface area contributed by atoms with Gasteiger partial charge in [-0.15, -0.1) is 0 Å². The molecule has 0 saturated heterocycles. The van der Waals surface area contributed by atoms with Gasteiger partial charge in [-0.05, 0) is 0 Å². The van der Waals surface area contributed by atoms with Crippen molar-refractivity contribution >= 4 is 11.5 Å². The molecule has 8 nitrogen and oxygen atoms in total. The van der Waals surface area contributed by atoms with Gasteiger partial charge in [0.25, 0.3) is 0 Å². The van der Waals surface area contributed by atoms with Gasteiger partial charge < -0.3 is 15.1 Å². The minimum absolute atomic E-state index is 0.0297. The molecule has 8 heteroatoms. The molecule has 0 aliphatic heterocycles. The fourth-order valence-corrected chi connectivity index (χ4v) is 1.45. The van der Waals surface area contributed by atoms with Gasteiger partial charge in [0.2, 0.25) is 5.82 Å². The third-order valence-corrected chi connectivity index (χ3v) is 2.21. The smallest absolute Gasteiger partial charge is 0.312 e. The molecule has 1 rings (SSSR count). The van der Waals surface area contributed by atoms with Crippen molar-refractivity contribution in [1.82, 2.24) is 4.98 Å². The van der Waals surface area contributed by atoms with Crippen LogP contribution in [0.25, 0.3) is 0 Å². The molecule has 18 heavy (non-hydrogen) atoms. The van der Waals surface area contributed by atoms with E-state index in [1.165, 1.54) is 11.1 Å². The maximum absolute atomic E-state index is 10.9. The Morgan fingerprint density at radius 1 is 1.44 bits per heavy atom. The third-order valence-electron chi connectivity index (χ3n) is 2.21. The lowest BCUT2D eigenvalue weighted by molar-refractivity contribution is -0.384. The maximum atomic E-state index is 10.9. The van der Waals surface area contributed by atoms with E-state index in [4.69, 9.17) is 15.5 Å². The Morgan fingerprint density at radius 3 is 2.50 bits per heavy atom. The van der Waals surface area contributed by atoms with Crippen LogP contribution in [0.5, 0.6) is 0 Å². The van der Waals surface area contributed by atoms with Gasteiger partial charge in [-0.3, -0.25) is 10.1 Å². The molecule has 0 radical (unpaired) electrons. The Morgan fingerprint density at radius 2 is 2.06 bits per heavy atom. The molecule has 0 bridgehead atoms. The number of nitro groups is 1. The van der Waals surface area contributed by atoms with Gasteiger partial charge in [-0.25, -0.2) is 4.98 Å². The van der Waals surface area contributed by atoms with Crippen molar-refractivity contribution in [3.63, 3.8) is 0 Å². The highest BCUT2D eigenvalue weighted by molar-refractivity contribution is 5.60. The van der Waals surface area contributed by atoms with Crippen LogP contribution in [-0.4, -0.2) is 46.4 Å². The molecule has 1 heterocycles. The quantitative estimate of drug-likeness (QED) is 0.524. The maximum Gasteiger partial charge on any atom is 0.312 e. The predicted molar refractivity (Wildman–Crippen MR) is 62.0 cm³/mol. The van der Waals surface area contributed by atoms with Gasteiger partial charge in [0.1, 0.15) is 6.07 Å². The molecule has 0 fully saturated rings. The molecule has 0 saturated carbocycles. The van der Waals surface area contributed by atoms with Gasteiger partial charge in [0.05, 0.1) is 23.7 Å². The van der Waals surface area contributed by atoms with Crippen molar-refractivity contribution in [3.05, 3.63) is 27.9 Å². The van der Waals surface area contributed by atoms with Crippen LogP contribution in [0.1, 0.15) is 5.56 Å². The Bertz CT molecular complexity index is 465. The molecule has 0 unspecified atom stereocenters. The lowest BCUT2D eigenvalue weighted by Gasteiger charge is -2.21. The van der Waals surface area contributed by atoms with Crippen LogP contribution < -0.4 is 4.90 Å². The largest absolute Gasteiger partial charge is 0.395 e. The predicted octanol–water partition coefficient (Wildman–Crippen LogP) is -0.348. The Balaban J connectivity index is 3.20. The Kier molecular flexibility index (Phi) is 4.98. The van der Waals surface area contributed by atoms with Gasteiger partial charge >= 0.3 is 5.69 Å². The molecular weight excluding hydrogens is 240 g/mol. The zero-order valence-corrected chi connectivity index (χ0v) is 9.48. The van der Waals surface area contributed by atoms with Crippen LogP contribution in [-0.2, 0) is 0 Å². The monoisotopic (exact) mass is 252 g/mol. The van der Waals surface area contributed by atoms with E-state index in [1.807, 2.05) is 0 Å². The van der Waals surface area contributed by atoms with Crippen molar-refractivity contribution in [3.8, 4) is 6.07 Å². The van der Waals surface area contributed by atoms with Crippen LogP contribution in [0.15, 0.2) is 12.3 Å². The van der Waals surface area contributed by atoms with E-state index in [-0.39, 0.29) is 43.4 Å². The number of aliphatic hydroxyl groups is 2. The number of nitriles is 1. The number of pyridine rings is 1. The van der Waals surface area contributed by atoms with Crippen molar-refractivity contribution in [1.29, 1.82) is 5.26 Å². The zero-order chi connectivity index (χ0) is 13.5. The van der Waals surface area contributed by atoms with Crippen LogP contribution >= 0.6 is 0 Å². The molecule has 1 aromatic heterocycles. The number of aliphatic hydroxyl groups excluding tert-OH is 2. The summed E-state index contributed by atoms with van der Waals surface area (Å²) in [6.45, 7) is -0.224. The molecule has 0 atom stereocenters. The average molecular weight is 252 g/mol. The number of hydrogen-bond acceptors (Lipinski definition) is 7. The van der Waals surface area contributed by atoms with E-state index in [0.29, 0.717) is 0 Å². The van der Waals surface area contributed by atoms with Crippen LogP contribution in [0, 0.1) is 21.4 Å². The van der Waals surface area contributed by atoms with E-state index in [0.717, 1.165) is 6.07 Å². The van der Waals surface area contributed by atoms with E-state index in [2.05, 4.69) is 4.98 Å². The summed E-state index contributed by atoms with van der Waals surface area (Å²) < 4.78 is 0.